The first-order valence-electron chi connectivity index (χ1n) is 4.39. The quantitative estimate of drug-likeness (QED) is 0.810. The number of hydrogen-bond acceptors (Lipinski definition) is 3. The summed E-state index contributed by atoms with van der Waals surface area (Å²) < 4.78 is 30.8. The first kappa shape index (κ1) is 11.7. The first-order chi connectivity index (χ1) is 6.97. The Morgan fingerprint density at radius 3 is 2.47 bits per heavy atom. The molecule has 0 heterocycles. The minimum atomic E-state index is -0.971. The number of halogens is 2. The molecule has 0 saturated heterocycles. The van der Waals surface area contributed by atoms with E-state index < -0.39 is 29.2 Å². The van der Waals surface area contributed by atoms with E-state index >= 15 is 0 Å². The van der Waals surface area contributed by atoms with Crippen molar-refractivity contribution in [3.8, 4) is 11.5 Å². The van der Waals surface area contributed by atoms with Crippen molar-refractivity contribution in [2.24, 2.45) is 0 Å². The third-order valence-corrected chi connectivity index (χ3v) is 1.96. The highest BCUT2D eigenvalue weighted by Gasteiger charge is 2.19. The Labute approximate surface area is 85.9 Å². The lowest BCUT2D eigenvalue weighted by molar-refractivity contribution is 0.192. The van der Waals surface area contributed by atoms with Crippen molar-refractivity contribution in [3.05, 3.63) is 23.3 Å². The maximum absolute atomic E-state index is 13.2. The Kier molecular flexibility index (Phi) is 3.47. The van der Waals surface area contributed by atoms with Gasteiger partial charge in [-0.2, -0.15) is 0 Å². The van der Waals surface area contributed by atoms with Gasteiger partial charge in [0.25, 0.3) is 0 Å². The number of aliphatic hydroxyl groups excluding tert-OH is 1. The molecule has 84 valence electrons. The van der Waals surface area contributed by atoms with Gasteiger partial charge in [0, 0.05) is 18.1 Å². The summed E-state index contributed by atoms with van der Waals surface area (Å²) in [6.45, 7) is 1.44. The smallest absolute Gasteiger partial charge is 0.197 e. The lowest BCUT2D eigenvalue weighted by atomic mass is 10.1. The standard InChI is InChI=1S/C10H12F2O3/c1-5(13)3-6-7(11)4-8(12)10(15-2)9(6)14/h4-5,13-14H,3H2,1-2H3. The summed E-state index contributed by atoms with van der Waals surface area (Å²) in [5.74, 6) is -2.88. The van der Waals surface area contributed by atoms with E-state index in [1.807, 2.05) is 0 Å². The van der Waals surface area contributed by atoms with Gasteiger partial charge in [0.2, 0.25) is 0 Å². The highest BCUT2D eigenvalue weighted by atomic mass is 19.1. The molecule has 1 aromatic carbocycles. The van der Waals surface area contributed by atoms with Crippen LogP contribution in [0, 0.1) is 11.6 Å². The van der Waals surface area contributed by atoms with Crippen LogP contribution in [0.5, 0.6) is 11.5 Å². The van der Waals surface area contributed by atoms with Gasteiger partial charge in [-0.15, -0.1) is 0 Å². The molecule has 1 rings (SSSR count). The number of hydrogen-bond donors (Lipinski definition) is 2. The van der Waals surface area contributed by atoms with Crippen molar-refractivity contribution in [2.75, 3.05) is 7.11 Å². The highest BCUT2D eigenvalue weighted by molar-refractivity contribution is 5.47. The number of phenolic OH excluding ortho intramolecular Hbond substituents is 1. The van der Waals surface area contributed by atoms with E-state index in [1.165, 1.54) is 14.0 Å². The molecule has 1 unspecified atom stereocenters. The fourth-order valence-corrected chi connectivity index (χ4v) is 1.31. The Balaban J connectivity index is 3.26. The largest absolute Gasteiger partial charge is 0.504 e. The zero-order valence-corrected chi connectivity index (χ0v) is 8.42. The van der Waals surface area contributed by atoms with Crippen LogP contribution in [-0.2, 0) is 6.42 Å². The van der Waals surface area contributed by atoms with Gasteiger partial charge < -0.3 is 14.9 Å². The molecule has 2 N–H and O–H groups in total. The van der Waals surface area contributed by atoms with Crippen molar-refractivity contribution in [1.82, 2.24) is 0 Å². The molecule has 1 aromatic rings. The Morgan fingerprint density at radius 1 is 1.40 bits per heavy atom. The van der Waals surface area contributed by atoms with Crippen molar-refractivity contribution in [3.63, 3.8) is 0 Å². The molecule has 0 aromatic heterocycles. The fourth-order valence-electron chi connectivity index (χ4n) is 1.31. The van der Waals surface area contributed by atoms with Crippen LogP contribution in [0.4, 0.5) is 8.78 Å². The molecule has 0 radical (unpaired) electrons. The topological polar surface area (TPSA) is 49.7 Å². The second kappa shape index (κ2) is 4.44. The van der Waals surface area contributed by atoms with Crippen LogP contribution < -0.4 is 4.74 Å². The summed E-state index contributed by atoms with van der Waals surface area (Å²) in [6, 6.07) is 0.621. The third-order valence-electron chi connectivity index (χ3n) is 1.96. The maximum atomic E-state index is 13.2. The fraction of sp³-hybridized carbons (Fsp3) is 0.400. The second-order valence-electron chi connectivity index (χ2n) is 3.25. The molecule has 5 heteroatoms. The number of methoxy groups -OCH3 is 1. The van der Waals surface area contributed by atoms with Crippen molar-refractivity contribution >= 4 is 0 Å². The summed E-state index contributed by atoms with van der Waals surface area (Å²) in [6.07, 6.45) is -0.936. The van der Waals surface area contributed by atoms with Crippen LogP contribution in [0.2, 0.25) is 0 Å². The maximum Gasteiger partial charge on any atom is 0.197 e. The zero-order valence-electron chi connectivity index (χ0n) is 8.42. The molecule has 3 nitrogen and oxygen atoms in total. The van der Waals surface area contributed by atoms with Crippen LogP contribution in [-0.4, -0.2) is 23.4 Å². The minimum Gasteiger partial charge on any atom is -0.504 e. The van der Waals surface area contributed by atoms with E-state index in [0.29, 0.717) is 6.07 Å². The predicted molar refractivity (Wildman–Crippen MR) is 50.0 cm³/mol. The summed E-state index contributed by atoms with van der Waals surface area (Å²) in [5.41, 5.74) is -0.150. The van der Waals surface area contributed by atoms with Gasteiger partial charge in [-0.3, -0.25) is 0 Å². The van der Waals surface area contributed by atoms with Gasteiger partial charge in [0.15, 0.2) is 17.3 Å². The molecule has 1 atom stereocenters. The predicted octanol–water partition coefficient (Wildman–Crippen LogP) is 1.60. The van der Waals surface area contributed by atoms with Gasteiger partial charge in [-0.25, -0.2) is 8.78 Å². The average molecular weight is 218 g/mol. The van der Waals surface area contributed by atoms with Gasteiger partial charge in [0.05, 0.1) is 13.2 Å². The number of benzene rings is 1. The number of phenols is 1. The lowest BCUT2D eigenvalue weighted by Gasteiger charge is -2.12. The van der Waals surface area contributed by atoms with Crippen LogP contribution in [0.15, 0.2) is 6.07 Å². The Morgan fingerprint density at radius 2 is 2.00 bits per heavy atom. The van der Waals surface area contributed by atoms with Crippen LogP contribution >= 0.6 is 0 Å². The molecule has 0 spiro atoms. The molecular weight excluding hydrogens is 206 g/mol. The number of aliphatic hydroxyl groups is 1. The number of ether oxygens (including phenoxy) is 1. The summed E-state index contributed by atoms with van der Waals surface area (Å²) in [5, 5.41) is 18.6. The molecule has 0 fully saturated rings. The van der Waals surface area contributed by atoms with Crippen LogP contribution in [0.3, 0.4) is 0 Å². The van der Waals surface area contributed by atoms with E-state index in [-0.39, 0.29) is 12.0 Å². The number of aromatic hydroxyl groups is 1. The molecule has 15 heavy (non-hydrogen) atoms. The van der Waals surface area contributed by atoms with E-state index in [1.54, 1.807) is 0 Å². The third kappa shape index (κ3) is 2.36. The second-order valence-corrected chi connectivity index (χ2v) is 3.25. The van der Waals surface area contributed by atoms with Gasteiger partial charge in [-0.05, 0) is 6.92 Å². The van der Waals surface area contributed by atoms with E-state index in [0.717, 1.165) is 0 Å². The van der Waals surface area contributed by atoms with E-state index in [2.05, 4.69) is 4.74 Å². The van der Waals surface area contributed by atoms with E-state index in [4.69, 9.17) is 5.11 Å². The Hall–Kier alpha value is -1.36. The molecule has 0 aliphatic heterocycles. The van der Waals surface area contributed by atoms with Crippen molar-refractivity contribution in [2.45, 2.75) is 19.4 Å². The zero-order chi connectivity index (χ0) is 11.6. The van der Waals surface area contributed by atoms with Gasteiger partial charge in [-0.1, -0.05) is 0 Å². The first-order valence-corrected chi connectivity index (χ1v) is 4.39. The molecular formula is C10H12F2O3. The summed E-state index contributed by atoms with van der Waals surface area (Å²) >= 11 is 0. The highest BCUT2D eigenvalue weighted by Crippen LogP contribution is 2.35. The van der Waals surface area contributed by atoms with Crippen molar-refractivity contribution < 1.29 is 23.7 Å². The molecule has 0 aliphatic rings. The molecule has 0 amide bonds. The normalized spacial score (nSPS) is 12.6. The summed E-state index contributed by atoms with van der Waals surface area (Å²) in [7, 11) is 1.17. The molecule has 0 saturated carbocycles. The number of rotatable bonds is 3. The van der Waals surface area contributed by atoms with Crippen LogP contribution in [0.25, 0.3) is 0 Å². The lowest BCUT2D eigenvalue weighted by Crippen LogP contribution is -2.07. The van der Waals surface area contributed by atoms with Crippen molar-refractivity contribution in [1.29, 1.82) is 0 Å². The molecule has 0 aliphatic carbocycles. The van der Waals surface area contributed by atoms with Crippen LogP contribution in [0.1, 0.15) is 12.5 Å². The average Bonchev–Trinajstić information content (AvgIpc) is 2.12. The summed E-state index contributed by atoms with van der Waals surface area (Å²) in [4.78, 5) is 0. The minimum absolute atomic E-state index is 0.103. The van der Waals surface area contributed by atoms with Gasteiger partial charge >= 0.3 is 0 Å². The SMILES string of the molecule is COc1c(F)cc(F)c(CC(C)O)c1O. The van der Waals surface area contributed by atoms with E-state index in [9.17, 15) is 13.9 Å². The monoisotopic (exact) mass is 218 g/mol. The van der Waals surface area contributed by atoms with Gasteiger partial charge in [0.1, 0.15) is 5.82 Å². The Bertz CT molecular complexity index is 364. The molecule has 0 bridgehead atoms.